The van der Waals surface area contributed by atoms with Crippen LogP contribution in [0.1, 0.15) is 25.0 Å². The van der Waals surface area contributed by atoms with Crippen molar-refractivity contribution in [3.05, 3.63) is 33.7 Å². The molecule has 2 aromatic rings. The third-order valence-electron chi connectivity index (χ3n) is 4.83. The Balaban J connectivity index is 1.33. The number of urea groups is 1. The standard InChI is InChI=1S/C16H21N5O2S/c22-14-10-13(18-16-21(14)8-9-24-16)11-19-4-6-20(7-5-19)15(23)17-12-2-1-3-12/h8-10,12H,1-7,11H2,(H,17,23). The van der Waals surface area contributed by atoms with Crippen LogP contribution in [0.3, 0.4) is 0 Å². The summed E-state index contributed by atoms with van der Waals surface area (Å²) in [6.45, 7) is 3.71. The molecule has 24 heavy (non-hydrogen) atoms. The quantitative estimate of drug-likeness (QED) is 0.904. The predicted molar refractivity (Wildman–Crippen MR) is 92.4 cm³/mol. The highest BCUT2D eigenvalue weighted by molar-refractivity contribution is 7.15. The van der Waals surface area contributed by atoms with Gasteiger partial charge in [-0.05, 0) is 19.3 Å². The second-order valence-corrected chi connectivity index (χ2v) is 7.35. The molecule has 0 atom stereocenters. The number of thiazole rings is 1. The third kappa shape index (κ3) is 3.16. The molecule has 1 aliphatic carbocycles. The molecule has 2 fully saturated rings. The van der Waals surface area contributed by atoms with E-state index >= 15 is 0 Å². The molecule has 2 amide bonds. The van der Waals surface area contributed by atoms with Gasteiger partial charge in [0.05, 0.1) is 5.69 Å². The number of aromatic nitrogens is 2. The zero-order valence-electron chi connectivity index (χ0n) is 13.5. The summed E-state index contributed by atoms with van der Waals surface area (Å²) < 4.78 is 1.57. The van der Waals surface area contributed by atoms with Crippen LogP contribution in [0.5, 0.6) is 0 Å². The minimum absolute atomic E-state index is 0.0326. The van der Waals surface area contributed by atoms with Gasteiger partial charge >= 0.3 is 6.03 Å². The Morgan fingerprint density at radius 2 is 2.08 bits per heavy atom. The molecule has 128 valence electrons. The third-order valence-corrected chi connectivity index (χ3v) is 5.59. The minimum atomic E-state index is -0.0326. The first kappa shape index (κ1) is 15.6. The molecule has 0 radical (unpaired) electrons. The lowest BCUT2D eigenvalue weighted by molar-refractivity contribution is 0.129. The fourth-order valence-electron chi connectivity index (χ4n) is 3.13. The van der Waals surface area contributed by atoms with Crippen molar-refractivity contribution in [3.8, 4) is 0 Å². The van der Waals surface area contributed by atoms with E-state index in [1.807, 2.05) is 10.3 Å². The van der Waals surface area contributed by atoms with Crippen LogP contribution in [-0.4, -0.2) is 57.4 Å². The van der Waals surface area contributed by atoms with Crippen LogP contribution in [0.4, 0.5) is 4.79 Å². The maximum Gasteiger partial charge on any atom is 0.317 e. The van der Waals surface area contributed by atoms with Crippen LogP contribution >= 0.6 is 11.3 Å². The fourth-order valence-corrected chi connectivity index (χ4v) is 3.86. The largest absolute Gasteiger partial charge is 0.335 e. The first-order valence-electron chi connectivity index (χ1n) is 8.42. The lowest BCUT2D eigenvalue weighted by atomic mass is 9.93. The van der Waals surface area contributed by atoms with E-state index in [2.05, 4.69) is 15.2 Å². The van der Waals surface area contributed by atoms with Gasteiger partial charge in [-0.3, -0.25) is 14.1 Å². The SMILES string of the molecule is O=C(NC1CCC1)N1CCN(Cc2cc(=O)n3ccsc3n2)CC1. The van der Waals surface area contributed by atoms with Crippen LogP contribution in [0.2, 0.25) is 0 Å². The minimum Gasteiger partial charge on any atom is -0.335 e. The number of hydrogen-bond donors (Lipinski definition) is 1. The normalized spacial score (nSPS) is 19.4. The van der Waals surface area contributed by atoms with E-state index in [9.17, 15) is 9.59 Å². The Kier molecular flexibility index (Phi) is 4.24. The van der Waals surface area contributed by atoms with Crippen molar-refractivity contribution >= 4 is 22.3 Å². The van der Waals surface area contributed by atoms with Crippen LogP contribution in [0.15, 0.2) is 22.4 Å². The molecule has 2 aromatic heterocycles. The lowest BCUT2D eigenvalue weighted by Gasteiger charge is -2.36. The van der Waals surface area contributed by atoms with Gasteiger partial charge in [-0.15, -0.1) is 11.3 Å². The molecule has 1 saturated heterocycles. The van der Waals surface area contributed by atoms with Crippen molar-refractivity contribution in [2.45, 2.75) is 31.8 Å². The van der Waals surface area contributed by atoms with Gasteiger partial charge in [0, 0.05) is 56.4 Å². The topological polar surface area (TPSA) is 70.0 Å². The van der Waals surface area contributed by atoms with Gasteiger partial charge in [-0.25, -0.2) is 9.78 Å². The van der Waals surface area contributed by atoms with Crippen molar-refractivity contribution in [2.75, 3.05) is 26.2 Å². The molecule has 0 aromatic carbocycles. The molecule has 2 aliphatic rings. The molecule has 4 rings (SSSR count). The first-order valence-corrected chi connectivity index (χ1v) is 9.30. The van der Waals surface area contributed by atoms with Crippen molar-refractivity contribution < 1.29 is 4.79 Å². The van der Waals surface area contributed by atoms with Gasteiger partial charge in [-0.2, -0.15) is 0 Å². The maximum absolute atomic E-state index is 12.2. The summed E-state index contributed by atoms with van der Waals surface area (Å²) in [5.41, 5.74) is 0.768. The van der Waals surface area contributed by atoms with Crippen LogP contribution in [0.25, 0.3) is 4.96 Å². The number of carbonyl (C=O) groups is 1. The molecule has 8 heteroatoms. The average Bonchev–Trinajstić information content (AvgIpc) is 3.00. The van der Waals surface area contributed by atoms with Gasteiger partial charge in [-0.1, -0.05) is 0 Å². The fraction of sp³-hybridized carbons (Fsp3) is 0.562. The van der Waals surface area contributed by atoms with E-state index in [1.165, 1.54) is 17.8 Å². The Labute approximate surface area is 143 Å². The van der Waals surface area contributed by atoms with E-state index in [4.69, 9.17) is 0 Å². The summed E-state index contributed by atoms with van der Waals surface area (Å²) >= 11 is 1.47. The monoisotopic (exact) mass is 347 g/mol. The summed E-state index contributed by atoms with van der Waals surface area (Å²) in [6.07, 6.45) is 5.19. The maximum atomic E-state index is 12.2. The zero-order valence-corrected chi connectivity index (χ0v) is 14.3. The molecule has 0 bridgehead atoms. The van der Waals surface area contributed by atoms with Gasteiger partial charge < -0.3 is 10.2 Å². The van der Waals surface area contributed by atoms with Crippen LogP contribution in [0, 0.1) is 0 Å². The molecular formula is C16H21N5O2S. The molecule has 3 heterocycles. The summed E-state index contributed by atoms with van der Waals surface area (Å²) in [7, 11) is 0. The van der Waals surface area contributed by atoms with Gasteiger partial charge in [0.15, 0.2) is 4.96 Å². The molecule has 1 N–H and O–H groups in total. The number of piperazine rings is 1. The summed E-state index contributed by atoms with van der Waals surface area (Å²) in [4.78, 5) is 33.6. The molecule has 1 aliphatic heterocycles. The van der Waals surface area contributed by atoms with Crippen molar-refractivity contribution in [3.63, 3.8) is 0 Å². The Morgan fingerprint density at radius 1 is 1.29 bits per heavy atom. The smallest absolute Gasteiger partial charge is 0.317 e. The highest BCUT2D eigenvalue weighted by Crippen LogP contribution is 2.18. The van der Waals surface area contributed by atoms with E-state index < -0.39 is 0 Å². The molecule has 1 saturated carbocycles. The lowest BCUT2D eigenvalue weighted by Crippen LogP contribution is -2.54. The first-order chi connectivity index (χ1) is 11.7. The predicted octanol–water partition coefficient (Wildman–Crippen LogP) is 1.14. The van der Waals surface area contributed by atoms with E-state index in [-0.39, 0.29) is 11.6 Å². The van der Waals surface area contributed by atoms with Crippen molar-refractivity contribution in [1.82, 2.24) is 24.5 Å². The second-order valence-electron chi connectivity index (χ2n) is 6.48. The number of carbonyl (C=O) groups excluding carboxylic acids is 1. The van der Waals surface area contributed by atoms with Gasteiger partial charge in [0.25, 0.3) is 5.56 Å². The Bertz CT molecular complexity index is 789. The molecular weight excluding hydrogens is 326 g/mol. The number of fused-ring (bicyclic) bond motifs is 1. The molecule has 0 unspecified atom stereocenters. The Morgan fingerprint density at radius 3 is 2.79 bits per heavy atom. The number of hydrogen-bond acceptors (Lipinski definition) is 5. The van der Waals surface area contributed by atoms with Crippen LogP contribution < -0.4 is 10.9 Å². The molecule has 0 spiro atoms. The molecule has 7 nitrogen and oxygen atoms in total. The highest BCUT2D eigenvalue weighted by atomic mass is 32.1. The van der Waals surface area contributed by atoms with E-state index in [0.717, 1.165) is 49.7 Å². The summed E-state index contributed by atoms with van der Waals surface area (Å²) in [5.74, 6) is 0. The van der Waals surface area contributed by atoms with Gasteiger partial charge in [0.1, 0.15) is 0 Å². The van der Waals surface area contributed by atoms with Gasteiger partial charge in [0.2, 0.25) is 0 Å². The summed E-state index contributed by atoms with van der Waals surface area (Å²) in [6, 6.07) is 2.05. The van der Waals surface area contributed by atoms with Crippen molar-refractivity contribution in [1.29, 1.82) is 0 Å². The Hall–Kier alpha value is -1.93. The number of nitrogens with zero attached hydrogens (tertiary/aromatic N) is 4. The second kappa shape index (κ2) is 6.52. The average molecular weight is 347 g/mol. The number of rotatable bonds is 3. The van der Waals surface area contributed by atoms with Crippen molar-refractivity contribution in [2.24, 2.45) is 0 Å². The van der Waals surface area contributed by atoms with E-state index in [1.54, 1.807) is 16.7 Å². The number of nitrogens with one attached hydrogen (secondary N) is 1. The zero-order chi connectivity index (χ0) is 16.5. The van der Waals surface area contributed by atoms with E-state index in [0.29, 0.717) is 12.6 Å². The van der Waals surface area contributed by atoms with Crippen LogP contribution in [-0.2, 0) is 6.54 Å². The number of amides is 2. The highest BCUT2D eigenvalue weighted by Gasteiger charge is 2.25. The summed E-state index contributed by atoms with van der Waals surface area (Å²) in [5, 5.41) is 4.96.